The molecule has 1 aliphatic heterocycles. The third kappa shape index (κ3) is 3.09. The molecule has 2 heterocycles. The van der Waals surface area contributed by atoms with Gasteiger partial charge in [-0.1, -0.05) is 48.5 Å². The van der Waals surface area contributed by atoms with Crippen molar-refractivity contribution in [3.8, 4) is 0 Å². The molecule has 0 radical (unpaired) electrons. The Hall–Kier alpha value is -2.11. The van der Waals surface area contributed by atoms with Gasteiger partial charge in [-0.2, -0.15) is 5.10 Å². The third-order valence-corrected chi connectivity index (χ3v) is 5.45. The highest BCUT2D eigenvalue weighted by molar-refractivity contribution is 7.99. The van der Waals surface area contributed by atoms with Gasteiger partial charge in [-0.15, -0.1) is 11.8 Å². The molecule has 0 spiro atoms. The van der Waals surface area contributed by atoms with Crippen LogP contribution in [0.25, 0.3) is 0 Å². The maximum atomic E-state index is 4.57. The van der Waals surface area contributed by atoms with E-state index in [0.29, 0.717) is 6.04 Å². The molecule has 0 amide bonds. The number of aryl methyl sites for hydroxylation is 1. The van der Waals surface area contributed by atoms with Crippen molar-refractivity contribution in [2.24, 2.45) is 0 Å². The zero-order valence-corrected chi connectivity index (χ0v) is 14.4. The van der Waals surface area contributed by atoms with Gasteiger partial charge in [-0.05, 0) is 36.3 Å². The lowest BCUT2D eigenvalue weighted by atomic mass is 9.99. The first-order valence-electron chi connectivity index (χ1n) is 8.23. The lowest BCUT2D eigenvalue weighted by molar-refractivity contribution is 0.455. The van der Waals surface area contributed by atoms with Gasteiger partial charge in [0.15, 0.2) is 5.82 Å². The first-order valence-corrected chi connectivity index (χ1v) is 9.21. The normalized spacial score (nSPS) is 18.1. The van der Waals surface area contributed by atoms with Crippen molar-refractivity contribution in [3.05, 3.63) is 77.4 Å². The molecule has 0 fully saturated rings. The summed E-state index contributed by atoms with van der Waals surface area (Å²) >= 11 is 1.94. The summed E-state index contributed by atoms with van der Waals surface area (Å²) in [6, 6.07) is 19.4. The van der Waals surface area contributed by atoms with Gasteiger partial charge in [-0.3, -0.25) is 10.4 Å². The second-order valence-corrected chi connectivity index (χ2v) is 7.15. The number of H-pyrrole nitrogens is 1. The molecule has 24 heavy (non-hydrogen) atoms. The van der Waals surface area contributed by atoms with Gasteiger partial charge in [0.25, 0.3) is 0 Å². The van der Waals surface area contributed by atoms with Gasteiger partial charge < -0.3 is 0 Å². The Labute approximate surface area is 146 Å². The van der Waals surface area contributed by atoms with E-state index in [1.165, 1.54) is 16.0 Å². The van der Waals surface area contributed by atoms with Crippen molar-refractivity contribution in [1.82, 2.24) is 20.5 Å². The van der Waals surface area contributed by atoms with Crippen molar-refractivity contribution < 1.29 is 0 Å². The van der Waals surface area contributed by atoms with Crippen LogP contribution in [0.3, 0.4) is 0 Å². The molecule has 0 saturated heterocycles. The minimum absolute atomic E-state index is 0.0164. The van der Waals surface area contributed by atoms with Crippen molar-refractivity contribution in [2.75, 3.05) is 5.75 Å². The number of benzene rings is 2. The summed E-state index contributed by atoms with van der Waals surface area (Å²) in [5, 5.41) is 11.2. The monoisotopic (exact) mass is 336 g/mol. The van der Waals surface area contributed by atoms with Gasteiger partial charge in [0.1, 0.15) is 5.82 Å². The Morgan fingerprint density at radius 3 is 2.71 bits per heavy atom. The summed E-state index contributed by atoms with van der Waals surface area (Å²) in [6.07, 6.45) is 1.11. The van der Waals surface area contributed by atoms with Crippen LogP contribution in [0, 0.1) is 6.92 Å². The molecule has 2 atom stereocenters. The average molecular weight is 336 g/mol. The highest BCUT2D eigenvalue weighted by Gasteiger charge is 2.26. The van der Waals surface area contributed by atoms with E-state index in [1.54, 1.807) is 0 Å². The predicted molar refractivity (Wildman–Crippen MR) is 97.1 cm³/mol. The van der Waals surface area contributed by atoms with E-state index in [0.717, 1.165) is 23.8 Å². The van der Waals surface area contributed by atoms with Crippen LogP contribution in [0.2, 0.25) is 0 Å². The van der Waals surface area contributed by atoms with Crippen LogP contribution in [-0.4, -0.2) is 20.9 Å². The van der Waals surface area contributed by atoms with E-state index in [4.69, 9.17) is 0 Å². The Balaban J connectivity index is 1.68. The Morgan fingerprint density at radius 1 is 1.12 bits per heavy atom. The SMILES string of the molecule is Cc1nc(C(NC2CCSc3ccccc32)c2ccccc2)n[nH]1. The number of hydrogen-bond donors (Lipinski definition) is 2. The molecular formula is C19H20N4S. The summed E-state index contributed by atoms with van der Waals surface area (Å²) in [7, 11) is 0. The summed E-state index contributed by atoms with van der Waals surface area (Å²) in [4.78, 5) is 5.95. The molecule has 1 aliphatic rings. The van der Waals surface area contributed by atoms with Crippen molar-refractivity contribution >= 4 is 11.8 Å². The fourth-order valence-corrected chi connectivity index (χ4v) is 4.30. The predicted octanol–water partition coefficient (Wildman–Crippen LogP) is 4.03. The van der Waals surface area contributed by atoms with Crippen LogP contribution < -0.4 is 5.32 Å². The fraction of sp³-hybridized carbons (Fsp3) is 0.263. The van der Waals surface area contributed by atoms with E-state index >= 15 is 0 Å². The number of aromatic nitrogens is 3. The minimum atomic E-state index is -0.0164. The van der Waals surface area contributed by atoms with Crippen LogP contribution in [0.1, 0.15) is 41.3 Å². The zero-order chi connectivity index (χ0) is 16.4. The molecule has 4 rings (SSSR count). The zero-order valence-electron chi connectivity index (χ0n) is 13.6. The van der Waals surface area contributed by atoms with Crippen LogP contribution in [-0.2, 0) is 0 Å². The summed E-state index contributed by atoms with van der Waals surface area (Å²) in [5.41, 5.74) is 2.56. The third-order valence-electron chi connectivity index (χ3n) is 4.33. The molecule has 1 aromatic heterocycles. The Morgan fingerprint density at radius 2 is 1.92 bits per heavy atom. The molecule has 122 valence electrons. The maximum Gasteiger partial charge on any atom is 0.172 e. The number of rotatable bonds is 4. The second-order valence-electron chi connectivity index (χ2n) is 6.02. The van der Waals surface area contributed by atoms with Gasteiger partial charge in [0, 0.05) is 10.9 Å². The van der Waals surface area contributed by atoms with E-state index < -0.39 is 0 Å². The number of fused-ring (bicyclic) bond motifs is 1. The van der Waals surface area contributed by atoms with E-state index in [9.17, 15) is 0 Å². The maximum absolute atomic E-state index is 4.57. The first kappa shape index (κ1) is 15.4. The molecule has 4 nitrogen and oxygen atoms in total. The molecule has 2 aromatic carbocycles. The smallest absolute Gasteiger partial charge is 0.172 e. The molecule has 5 heteroatoms. The number of nitrogens with one attached hydrogen (secondary N) is 2. The number of aromatic amines is 1. The fourth-order valence-electron chi connectivity index (χ4n) is 3.17. The standard InChI is InChI=1S/C19H20N4S/c1-13-20-19(23-22-13)18(14-7-3-2-4-8-14)21-16-11-12-24-17-10-6-5-9-15(16)17/h2-10,16,18,21H,11-12H2,1H3,(H,20,22,23). The van der Waals surface area contributed by atoms with Crippen LogP contribution >= 0.6 is 11.8 Å². The topological polar surface area (TPSA) is 53.6 Å². The highest BCUT2D eigenvalue weighted by Crippen LogP contribution is 2.37. The first-order chi connectivity index (χ1) is 11.8. The van der Waals surface area contributed by atoms with Crippen LogP contribution in [0.5, 0.6) is 0 Å². The quantitative estimate of drug-likeness (QED) is 0.755. The number of hydrogen-bond acceptors (Lipinski definition) is 4. The van der Waals surface area contributed by atoms with Gasteiger partial charge >= 0.3 is 0 Å². The van der Waals surface area contributed by atoms with Gasteiger partial charge in [0.05, 0.1) is 6.04 Å². The second kappa shape index (κ2) is 6.79. The molecule has 3 aromatic rings. The lowest BCUT2D eigenvalue weighted by Crippen LogP contribution is -2.30. The van der Waals surface area contributed by atoms with E-state index in [-0.39, 0.29) is 6.04 Å². The molecule has 2 unspecified atom stereocenters. The summed E-state index contributed by atoms with van der Waals surface area (Å²) in [5.74, 6) is 2.77. The summed E-state index contributed by atoms with van der Waals surface area (Å²) in [6.45, 7) is 1.94. The molecule has 0 saturated carbocycles. The molecule has 2 N–H and O–H groups in total. The van der Waals surface area contributed by atoms with Crippen molar-refractivity contribution in [1.29, 1.82) is 0 Å². The number of nitrogens with zero attached hydrogens (tertiary/aromatic N) is 2. The Kier molecular flexibility index (Phi) is 4.36. The Bertz CT molecular complexity index is 815. The molecular weight excluding hydrogens is 316 g/mol. The molecule has 0 bridgehead atoms. The van der Waals surface area contributed by atoms with E-state index in [1.807, 2.05) is 24.8 Å². The lowest BCUT2D eigenvalue weighted by Gasteiger charge is -2.29. The average Bonchev–Trinajstić information content (AvgIpc) is 3.06. The van der Waals surface area contributed by atoms with Gasteiger partial charge in [0.2, 0.25) is 0 Å². The van der Waals surface area contributed by atoms with Crippen LogP contribution in [0.4, 0.5) is 0 Å². The van der Waals surface area contributed by atoms with Gasteiger partial charge in [-0.25, -0.2) is 4.98 Å². The highest BCUT2D eigenvalue weighted by atomic mass is 32.2. The summed E-state index contributed by atoms with van der Waals surface area (Å²) < 4.78 is 0. The largest absolute Gasteiger partial charge is 0.297 e. The van der Waals surface area contributed by atoms with Crippen molar-refractivity contribution in [3.63, 3.8) is 0 Å². The molecule has 0 aliphatic carbocycles. The number of thioether (sulfide) groups is 1. The van der Waals surface area contributed by atoms with Crippen molar-refractivity contribution in [2.45, 2.75) is 30.3 Å². The van der Waals surface area contributed by atoms with E-state index in [2.05, 4.69) is 69.0 Å². The van der Waals surface area contributed by atoms with Crippen LogP contribution in [0.15, 0.2) is 59.5 Å². The minimum Gasteiger partial charge on any atom is -0.297 e.